The Morgan fingerprint density at radius 3 is 2.29 bits per heavy atom. The van der Waals surface area contributed by atoms with E-state index in [0.717, 1.165) is 36.9 Å². The van der Waals surface area contributed by atoms with Crippen molar-refractivity contribution < 1.29 is 9.47 Å². The second kappa shape index (κ2) is 7.11. The maximum absolute atomic E-state index is 5.79. The molecular weight excluding hydrogens is 264 g/mol. The standard InChI is InChI=1S/C17H20N2O2/c1-2-4-16(5-3-1)21-17-8-6-15(7-9-17)20-13-14-12-18-10-11-19-14/h1-9,14,18-19H,10-13H2. The summed E-state index contributed by atoms with van der Waals surface area (Å²) >= 11 is 0. The van der Waals surface area contributed by atoms with Gasteiger partial charge in [0.2, 0.25) is 0 Å². The molecule has 0 spiro atoms. The Morgan fingerprint density at radius 2 is 1.57 bits per heavy atom. The van der Waals surface area contributed by atoms with E-state index in [4.69, 9.17) is 9.47 Å². The molecule has 0 amide bonds. The number of nitrogens with one attached hydrogen (secondary N) is 2. The fraction of sp³-hybridized carbons (Fsp3) is 0.294. The van der Waals surface area contributed by atoms with E-state index >= 15 is 0 Å². The van der Waals surface area contributed by atoms with Gasteiger partial charge in [0.05, 0.1) is 6.04 Å². The van der Waals surface area contributed by atoms with E-state index in [-0.39, 0.29) is 0 Å². The highest BCUT2D eigenvalue weighted by Gasteiger charge is 2.12. The van der Waals surface area contributed by atoms with Gasteiger partial charge in [0.25, 0.3) is 0 Å². The van der Waals surface area contributed by atoms with E-state index in [9.17, 15) is 0 Å². The highest BCUT2D eigenvalue weighted by Crippen LogP contribution is 2.23. The summed E-state index contributed by atoms with van der Waals surface area (Å²) in [5.41, 5.74) is 0. The molecule has 1 aliphatic rings. The van der Waals surface area contributed by atoms with E-state index < -0.39 is 0 Å². The van der Waals surface area contributed by atoms with E-state index in [0.29, 0.717) is 12.6 Å². The largest absolute Gasteiger partial charge is 0.492 e. The zero-order valence-corrected chi connectivity index (χ0v) is 11.9. The van der Waals surface area contributed by atoms with Crippen LogP contribution in [0.5, 0.6) is 17.2 Å². The van der Waals surface area contributed by atoms with Crippen molar-refractivity contribution in [3.63, 3.8) is 0 Å². The van der Waals surface area contributed by atoms with Crippen molar-refractivity contribution in [1.82, 2.24) is 10.6 Å². The first kappa shape index (κ1) is 13.9. The Hall–Kier alpha value is -2.04. The van der Waals surface area contributed by atoms with Gasteiger partial charge in [0.1, 0.15) is 23.9 Å². The highest BCUT2D eigenvalue weighted by molar-refractivity contribution is 5.35. The Labute approximate surface area is 125 Å². The van der Waals surface area contributed by atoms with Gasteiger partial charge in [-0.15, -0.1) is 0 Å². The summed E-state index contributed by atoms with van der Waals surface area (Å²) in [6, 6.07) is 17.9. The monoisotopic (exact) mass is 284 g/mol. The Bertz CT molecular complexity index is 536. The third-order valence-corrected chi connectivity index (χ3v) is 3.38. The van der Waals surface area contributed by atoms with Crippen LogP contribution in [0.1, 0.15) is 0 Å². The molecule has 0 bridgehead atoms. The molecule has 110 valence electrons. The molecule has 2 aromatic rings. The van der Waals surface area contributed by atoms with E-state index in [2.05, 4.69) is 10.6 Å². The molecule has 0 saturated carbocycles. The normalized spacial score (nSPS) is 18.2. The highest BCUT2D eigenvalue weighted by atomic mass is 16.5. The van der Waals surface area contributed by atoms with Gasteiger partial charge in [-0.25, -0.2) is 0 Å². The van der Waals surface area contributed by atoms with Gasteiger partial charge in [0.15, 0.2) is 0 Å². The lowest BCUT2D eigenvalue weighted by Gasteiger charge is -2.24. The van der Waals surface area contributed by atoms with Gasteiger partial charge in [-0.1, -0.05) is 18.2 Å². The minimum Gasteiger partial charge on any atom is -0.492 e. The summed E-state index contributed by atoms with van der Waals surface area (Å²) in [5.74, 6) is 2.51. The van der Waals surface area contributed by atoms with Crippen molar-refractivity contribution in [3.05, 3.63) is 54.6 Å². The number of hydrogen-bond donors (Lipinski definition) is 2. The van der Waals surface area contributed by atoms with Crippen molar-refractivity contribution >= 4 is 0 Å². The van der Waals surface area contributed by atoms with E-state index in [1.807, 2.05) is 54.6 Å². The van der Waals surface area contributed by atoms with Crippen LogP contribution in [-0.2, 0) is 0 Å². The third-order valence-electron chi connectivity index (χ3n) is 3.38. The van der Waals surface area contributed by atoms with Gasteiger partial charge in [-0.3, -0.25) is 0 Å². The molecular formula is C17H20N2O2. The van der Waals surface area contributed by atoms with Crippen LogP contribution >= 0.6 is 0 Å². The van der Waals surface area contributed by atoms with Gasteiger partial charge < -0.3 is 20.1 Å². The van der Waals surface area contributed by atoms with Gasteiger partial charge in [-0.05, 0) is 36.4 Å². The molecule has 4 nitrogen and oxygen atoms in total. The number of ether oxygens (including phenoxy) is 2. The Morgan fingerprint density at radius 1 is 0.857 bits per heavy atom. The molecule has 2 N–H and O–H groups in total. The molecule has 1 atom stereocenters. The van der Waals surface area contributed by atoms with Crippen LogP contribution in [0.2, 0.25) is 0 Å². The molecule has 21 heavy (non-hydrogen) atoms. The zero-order valence-electron chi connectivity index (χ0n) is 11.9. The predicted molar refractivity (Wildman–Crippen MR) is 83.1 cm³/mol. The first-order chi connectivity index (χ1) is 10.4. The van der Waals surface area contributed by atoms with Gasteiger partial charge in [-0.2, -0.15) is 0 Å². The topological polar surface area (TPSA) is 42.5 Å². The molecule has 4 heteroatoms. The SMILES string of the molecule is c1ccc(Oc2ccc(OCC3CNCCN3)cc2)cc1. The molecule has 0 aromatic heterocycles. The minimum absolute atomic E-state index is 0.374. The van der Waals surface area contributed by atoms with Gasteiger partial charge >= 0.3 is 0 Å². The van der Waals surface area contributed by atoms with Crippen LogP contribution in [-0.4, -0.2) is 32.3 Å². The summed E-state index contributed by atoms with van der Waals surface area (Å²) < 4.78 is 11.5. The zero-order chi connectivity index (χ0) is 14.3. The summed E-state index contributed by atoms with van der Waals surface area (Å²) in [6.07, 6.45) is 0. The lowest BCUT2D eigenvalue weighted by molar-refractivity contribution is 0.247. The molecule has 0 aliphatic carbocycles. The summed E-state index contributed by atoms with van der Waals surface area (Å²) in [6.45, 7) is 3.65. The summed E-state index contributed by atoms with van der Waals surface area (Å²) in [5, 5.41) is 6.77. The fourth-order valence-electron chi connectivity index (χ4n) is 2.26. The van der Waals surface area contributed by atoms with Crippen molar-refractivity contribution in [3.8, 4) is 17.2 Å². The van der Waals surface area contributed by atoms with Crippen LogP contribution in [0.4, 0.5) is 0 Å². The lowest BCUT2D eigenvalue weighted by Crippen LogP contribution is -2.50. The molecule has 1 fully saturated rings. The van der Waals surface area contributed by atoms with E-state index in [1.54, 1.807) is 0 Å². The average Bonchev–Trinajstić information content (AvgIpc) is 2.56. The molecule has 3 rings (SSSR count). The van der Waals surface area contributed by atoms with Crippen LogP contribution in [0.25, 0.3) is 0 Å². The maximum Gasteiger partial charge on any atom is 0.127 e. The number of para-hydroxylation sites is 1. The van der Waals surface area contributed by atoms with E-state index in [1.165, 1.54) is 0 Å². The molecule has 1 heterocycles. The minimum atomic E-state index is 0.374. The number of hydrogen-bond acceptors (Lipinski definition) is 4. The van der Waals surface area contributed by atoms with Crippen molar-refractivity contribution in [2.45, 2.75) is 6.04 Å². The third kappa shape index (κ3) is 4.21. The second-order valence-electron chi connectivity index (χ2n) is 5.05. The number of piperazine rings is 1. The van der Waals surface area contributed by atoms with Crippen LogP contribution in [0.15, 0.2) is 54.6 Å². The number of benzene rings is 2. The molecule has 2 aromatic carbocycles. The summed E-state index contributed by atoms with van der Waals surface area (Å²) in [7, 11) is 0. The van der Waals surface area contributed by atoms with Gasteiger partial charge in [0, 0.05) is 19.6 Å². The smallest absolute Gasteiger partial charge is 0.127 e. The van der Waals surface area contributed by atoms with Crippen LogP contribution in [0, 0.1) is 0 Å². The first-order valence-corrected chi connectivity index (χ1v) is 7.30. The van der Waals surface area contributed by atoms with Crippen LogP contribution < -0.4 is 20.1 Å². The van der Waals surface area contributed by atoms with Crippen molar-refractivity contribution in [2.75, 3.05) is 26.2 Å². The fourth-order valence-corrected chi connectivity index (χ4v) is 2.26. The first-order valence-electron chi connectivity index (χ1n) is 7.30. The molecule has 1 saturated heterocycles. The Balaban J connectivity index is 1.51. The Kier molecular flexibility index (Phi) is 4.71. The lowest BCUT2D eigenvalue weighted by atomic mass is 10.2. The summed E-state index contributed by atoms with van der Waals surface area (Å²) in [4.78, 5) is 0. The molecule has 1 unspecified atom stereocenters. The predicted octanol–water partition coefficient (Wildman–Crippen LogP) is 2.42. The number of rotatable bonds is 5. The van der Waals surface area contributed by atoms with Crippen molar-refractivity contribution in [2.24, 2.45) is 0 Å². The molecule has 0 radical (unpaired) electrons. The quantitative estimate of drug-likeness (QED) is 0.885. The van der Waals surface area contributed by atoms with Crippen LogP contribution in [0.3, 0.4) is 0 Å². The molecule has 1 aliphatic heterocycles. The maximum atomic E-state index is 5.79. The van der Waals surface area contributed by atoms with Crippen molar-refractivity contribution in [1.29, 1.82) is 0 Å². The average molecular weight is 284 g/mol. The second-order valence-corrected chi connectivity index (χ2v) is 5.05.